The Morgan fingerprint density at radius 1 is 0.969 bits per heavy atom. The molecule has 32 heavy (non-hydrogen) atoms. The van der Waals surface area contributed by atoms with Gasteiger partial charge in [0, 0.05) is 23.2 Å². The first-order valence-electron chi connectivity index (χ1n) is 9.62. The van der Waals surface area contributed by atoms with Crippen LogP contribution in [0.2, 0.25) is 0 Å². The number of carbonyl (C=O) groups is 1. The Kier molecular flexibility index (Phi) is 5.78. The molecule has 0 unspecified atom stereocenters. The highest BCUT2D eigenvalue weighted by molar-refractivity contribution is 7.92. The van der Waals surface area contributed by atoms with Crippen LogP contribution >= 0.6 is 0 Å². The van der Waals surface area contributed by atoms with Crippen LogP contribution in [0.25, 0.3) is 6.08 Å². The largest absolute Gasteiger partial charge is 0.454 e. The molecular formula is C22H20N4O5S. The molecule has 2 N–H and O–H groups in total. The number of hydrogen-bond acceptors (Lipinski definition) is 7. The first kappa shape index (κ1) is 21.3. The lowest BCUT2D eigenvalue weighted by Crippen LogP contribution is -2.16. The molecule has 3 aromatic rings. The summed E-state index contributed by atoms with van der Waals surface area (Å²) in [5, 5.41) is 2.69. The zero-order valence-electron chi connectivity index (χ0n) is 17.3. The second-order valence-corrected chi connectivity index (χ2v) is 8.72. The van der Waals surface area contributed by atoms with E-state index in [1.54, 1.807) is 38.1 Å². The van der Waals surface area contributed by atoms with Gasteiger partial charge in [0.25, 0.3) is 10.0 Å². The van der Waals surface area contributed by atoms with Crippen LogP contribution in [-0.2, 0) is 14.8 Å². The van der Waals surface area contributed by atoms with Gasteiger partial charge < -0.3 is 14.8 Å². The van der Waals surface area contributed by atoms with Gasteiger partial charge in [0.2, 0.25) is 18.6 Å². The molecule has 1 aliphatic rings. The molecule has 164 valence electrons. The summed E-state index contributed by atoms with van der Waals surface area (Å²) in [6, 6.07) is 12.9. The van der Waals surface area contributed by atoms with Crippen molar-refractivity contribution in [3.8, 4) is 11.5 Å². The van der Waals surface area contributed by atoms with Gasteiger partial charge in [-0.2, -0.15) is 0 Å². The maximum absolute atomic E-state index is 12.6. The fraction of sp³-hybridized carbons (Fsp3) is 0.136. The van der Waals surface area contributed by atoms with Gasteiger partial charge in [0.1, 0.15) is 0 Å². The molecule has 0 fully saturated rings. The summed E-state index contributed by atoms with van der Waals surface area (Å²) in [4.78, 5) is 20.4. The van der Waals surface area contributed by atoms with E-state index in [2.05, 4.69) is 20.0 Å². The van der Waals surface area contributed by atoms with Gasteiger partial charge in [-0.1, -0.05) is 6.07 Å². The molecular weight excluding hydrogens is 432 g/mol. The number of carbonyl (C=O) groups excluding carboxylic acids is 1. The molecule has 1 aliphatic heterocycles. The minimum atomic E-state index is -3.87. The van der Waals surface area contributed by atoms with Gasteiger partial charge in [-0.25, -0.2) is 23.1 Å². The Balaban J connectivity index is 1.40. The van der Waals surface area contributed by atoms with Crippen molar-refractivity contribution in [3.05, 3.63) is 71.6 Å². The minimum Gasteiger partial charge on any atom is -0.454 e. The van der Waals surface area contributed by atoms with Gasteiger partial charge in [-0.05, 0) is 68.0 Å². The molecule has 0 radical (unpaired) electrons. The highest BCUT2D eigenvalue weighted by Crippen LogP contribution is 2.32. The van der Waals surface area contributed by atoms with Crippen molar-refractivity contribution in [1.82, 2.24) is 9.97 Å². The van der Waals surface area contributed by atoms with Crippen molar-refractivity contribution in [2.45, 2.75) is 18.7 Å². The molecule has 9 nitrogen and oxygen atoms in total. The van der Waals surface area contributed by atoms with E-state index in [-0.39, 0.29) is 23.5 Å². The number of aromatic nitrogens is 2. The van der Waals surface area contributed by atoms with Crippen molar-refractivity contribution in [2.75, 3.05) is 16.8 Å². The maximum Gasteiger partial charge on any atom is 0.264 e. The van der Waals surface area contributed by atoms with Crippen LogP contribution in [0.4, 0.5) is 11.6 Å². The smallest absolute Gasteiger partial charge is 0.264 e. The highest BCUT2D eigenvalue weighted by atomic mass is 32.2. The van der Waals surface area contributed by atoms with Crippen molar-refractivity contribution < 1.29 is 22.7 Å². The summed E-state index contributed by atoms with van der Waals surface area (Å²) in [7, 11) is -3.87. The number of ether oxygens (including phenoxy) is 2. The zero-order chi connectivity index (χ0) is 22.7. The molecule has 0 aliphatic carbocycles. The van der Waals surface area contributed by atoms with Crippen LogP contribution in [0.5, 0.6) is 11.5 Å². The first-order valence-corrected chi connectivity index (χ1v) is 11.1. The molecule has 0 bridgehead atoms. The minimum absolute atomic E-state index is 0.00790. The summed E-state index contributed by atoms with van der Waals surface area (Å²) in [5.41, 5.74) is 2.54. The number of anilines is 2. The van der Waals surface area contributed by atoms with E-state index >= 15 is 0 Å². The maximum atomic E-state index is 12.6. The Morgan fingerprint density at radius 2 is 1.66 bits per heavy atom. The van der Waals surface area contributed by atoms with E-state index in [1.807, 2.05) is 6.07 Å². The fourth-order valence-electron chi connectivity index (χ4n) is 3.04. The molecule has 0 saturated carbocycles. The second-order valence-electron chi connectivity index (χ2n) is 7.04. The molecule has 0 spiro atoms. The summed E-state index contributed by atoms with van der Waals surface area (Å²) < 4.78 is 38.1. The predicted octanol–water partition coefficient (Wildman–Crippen LogP) is 3.27. The number of sulfonamides is 1. The van der Waals surface area contributed by atoms with Crippen LogP contribution in [0, 0.1) is 13.8 Å². The molecule has 4 rings (SSSR count). The number of nitrogens with one attached hydrogen (secondary N) is 2. The topological polar surface area (TPSA) is 120 Å². The van der Waals surface area contributed by atoms with Crippen LogP contribution in [0.15, 0.2) is 59.5 Å². The number of benzene rings is 2. The number of hydrogen-bond donors (Lipinski definition) is 2. The molecule has 1 aromatic heterocycles. The molecule has 10 heteroatoms. The van der Waals surface area contributed by atoms with E-state index < -0.39 is 10.0 Å². The van der Waals surface area contributed by atoms with Gasteiger partial charge in [-0.15, -0.1) is 0 Å². The van der Waals surface area contributed by atoms with E-state index in [4.69, 9.17) is 9.47 Å². The van der Waals surface area contributed by atoms with Gasteiger partial charge in [-0.3, -0.25) is 4.79 Å². The third-order valence-corrected chi connectivity index (χ3v) is 5.81. The molecule has 2 aromatic carbocycles. The zero-order valence-corrected chi connectivity index (χ0v) is 18.1. The SMILES string of the molecule is Cc1cc(C)nc(NS(=O)(=O)c2ccc(NC(=O)/C=C/c3ccc4c(c3)OCO4)cc2)n1. The summed E-state index contributed by atoms with van der Waals surface area (Å²) in [6.45, 7) is 3.69. The van der Waals surface area contributed by atoms with Crippen molar-refractivity contribution in [2.24, 2.45) is 0 Å². The van der Waals surface area contributed by atoms with E-state index in [0.717, 1.165) is 5.56 Å². The molecule has 2 heterocycles. The normalized spacial score (nSPS) is 12.7. The van der Waals surface area contributed by atoms with Gasteiger partial charge in [0.15, 0.2) is 11.5 Å². The number of fused-ring (bicyclic) bond motifs is 1. The number of nitrogens with zero attached hydrogens (tertiary/aromatic N) is 2. The van der Waals surface area contributed by atoms with Crippen molar-refractivity contribution in [3.63, 3.8) is 0 Å². The van der Waals surface area contributed by atoms with Crippen molar-refractivity contribution in [1.29, 1.82) is 0 Å². The van der Waals surface area contributed by atoms with E-state index in [0.29, 0.717) is 28.6 Å². The summed E-state index contributed by atoms with van der Waals surface area (Å²) in [5.74, 6) is 0.943. The van der Waals surface area contributed by atoms with Crippen LogP contribution in [0.3, 0.4) is 0 Å². The van der Waals surface area contributed by atoms with Crippen LogP contribution < -0.4 is 19.5 Å². The number of amides is 1. The quantitative estimate of drug-likeness (QED) is 0.551. The third kappa shape index (κ3) is 5.03. The summed E-state index contributed by atoms with van der Waals surface area (Å²) in [6.07, 6.45) is 3.02. The number of aryl methyl sites for hydroxylation is 2. The lowest BCUT2D eigenvalue weighted by atomic mass is 10.2. The Hall–Kier alpha value is -3.92. The van der Waals surface area contributed by atoms with Crippen molar-refractivity contribution >= 4 is 33.6 Å². The molecule has 1 amide bonds. The predicted molar refractivity (Wildman–Crippen MR) is 119 cm³/mol. The van der Waals surface area contributed by atoms with E-state index in [9.17, 15) is 13.2 Å². The first-order chi connectivity index (χ1) is 15.3. The Bertz CT molecular complexity index is 1280. The highest BCUT2D eigenvalue weighted by Gasteiger charge is 2.16. The van der Waals surface area contributed by atoms with Crippen LogP contribution in [0.1, 0.15) is 17.0 Å². The van der Waals surface area contributed by atoms with Crippen LogP contribution in [-0.4, -0.2) is 31.1 Å². The second kappa shape index (κ2) is 8.67. The molecule has 0 atom stereocenters. The average Bonchev–Trinajstić information content (AvgIpc) is 3.19. The lowest BCUT2D eigenvalue weighted by Gasteiger charge is -2.09. The van der Waals surface area contributed by atoms with Gasteiger partial charge in [0.05, 0.1) is 4.90 Å². The molecule has 0 saturated heterocycles. The van der Waals surface area contributed by atoms with E-state index in [1.165, 1.54) is 30.3 Å². The Morgan fingerprint density at radius 3 is 2.38 bits per heavy atom. The number of rotatable bonds is 6. The monoisotopic (exact) mass is 452 g/mol. The standard InChI is InChI=1S/C22H20N4O5S/c1-14-11-15(2)24-22(23-14)26-32(28,29)18-7-5-17(6-8-18)25-21(27)10-4-16-3-9-19-20(12-16)31-13-30-19/h3-12H,13H2,1-2H3,(H,25,27)(H,23,24,26)/b10-4+. The van der Waals surface area contributed by atoms with Gasteiger partial charge >= 0.3 is 0 Å². The average molecular weight is 452 g/mol. The lowest BCUT2D eigenvalue weighted by molar-refractivity contribution is -0.111. The fourth-order valence-corrected chi connectivity index (χ4v) is 3.98. The Labute approximate surface area is 185 Å². The summed E-state index contributed by atoms with van der Waals surface area (Å²) >= 11 is 0. The third-order valence-electron chi connectivity index (χ3n) is 4.46.